The molecule has 0 aliphatic heterocycles. The second kappa shape index (κ2) is 9.11. The molecular weight excluding hydrogens is 428 g/mol. The normalized spacial score (nSPS) is 10.9. The maximum absolute atomic E-state index is 13.0. The molecule has 0 bridgehead atoms. The first-order valence-electron chi connectivity index (χ1n) is 10.7. The van der Waals surface area contributed by atoms with Crippen molar-refractivity contribution in [2.45, 2.75) is 0 Å². The molecule has 6 heteroatoms. The van der Waals surface area contributed by atoms with Crippen molar-refractivity contribution in [3.8, 4) is 17.0 Å². The minimum Gasteiger partial charge on any atom is -0.497 e. The van der Waals surface area contributed by atoms with Gasteiger partial charge >= 0.3 is 5.97 Å². The van der Waals surface area contributed by atoms with Crippen LogP contribution in [0, 0.1) is 0 Å². The van der Waals surface area contributed by atoms with Crippen molar-refractivity contribution in [3.05, 3.63) is 102 Å². The van der Waals surface area contributed by atoms with E-state index in [0.717, 1.165) is 22.1 Å². The predicted octanol–water partition coefficient (Wildman–Crippen LogP) is 5.50. The van der Waals surface area contributed by atoms with Crippen molar-refractivity contribution in [1.29, 1.82) is 0 Å². The Kier molecular flexibility index (Phi) is 5.70. The number of fused-ring (bicyclic) bond motifs is 2. The minimum absolute atomic E-state index is 0.279. The van der Waals surface area contributed by atoms with Crippen LogP contribution in [-0.2, 0) is 4.74 Å². The van der Waals surface area contributed by atoms with Crippen LogP contribution in [0.5, 0.6) is 5.75 Å². The molecule has 166 valence electrons. The maximum atomic E-state index is 13.0. The van der Waals surface area contributed by atoms with Gasteiger partial charge in [-0.05, 0) is 53.2 Å². The van der Waals surface area contributed by atoms with E-state index in [1.165, 1.54) is 0 Å². The number of benzene rings is 3. The van der Waals surface area contributed by atoms with Crippen molar-refractivity contribution >= 4 is 33.4 Å². The molecule has 0 atom stereocenters. The van der Waals surface area contributed by atoms with Crippen LogP contribution in [0.1, 0.15) is 20.7 Å². The van der Waals surface area contributed by atoms with Gasteiger partial charge in [-0.1, -0.05) is 36.4 Å². The summed E-state index contributed by atoms with van der Waals surface area (Å²) in [6.07, 6.45) is 3.34. The first kappa shape index (κ1) is 21.3. The van der Waals surface area contributed by atoms with Gasteiger partial charge in [0.05, 0.1) is 23.9 Å². The lowest BCUT2D eigenvalue weighted by Gasteiger charge is -2.10. The largest absolute Gasteiger partial charge is 0.497 e. The highest BCUT2D eigenvalue weighted by atomic mass is 16.5. The zero-order chi connectivity index (χ0) is 23.5. The SMILES string of the molecule is COc1ccc2cc(C(=O)COC(=O)c3cc(-c4ccncc4)nc4ccccc34)ccc2c1. The van der Waals surface area contributed by atoms with Gasteiger partial charge in [0.25, 0.3) is 0 Å². The van der Waals surface area contributed by atoms with Crippen molar-refractivity contribution in [2.24, 2.45) is 0 Å². The first-order valence-corrected chi connectivity index (χ1v) is 10.7. The van der Waals surface area contributed by atoms with Crippen molar-refractivity contribution < 1.29 is 19.1 Å². The summed E-state index contributed by atoms with van der Waals surface area (Å²) in [6, 6.07) is 23.7. The Bertz CT molecular complexity index is 1530. The molecule has 2 aromatic heterocycles. The number of ketones is 1. The van der Waals surface area contributed by atoms with Gasteiger partial charge in [-0.2, -0.15) is 0 Å². The van der Waals surface area contributed by atoms with E-state index in [9.17, 15) is 9.59 Å². The number of ether oxygens (including phenoxy) is 2. The van der Waals surface area contributed by atoms with E-state index in [2.05, 4.69) is 9.97 Å². The molecule has 0 fully saturated rings. The third kappa shape index (κ3) is 4.21. The topological polar surface area (TPSA) is 78.4 Å². The Hall–Kier alpha value is -4.58. The van der Waals surface area contributed by atoms with Crippen LogP contribution < -0.4 is 4.74 Å². The number of methoxy groups -OCH3 is 1. The smallest absolute Gasteiger partial charge is 0.339 e. The third-order valence-corrected chi connectivity index (χ3v) is 5.62. The Morgan fingerprint density at radius 1 is 0.853 bits per heavy atom. The minimum atomic E-state index is -0.576. The van der Waals surface area contributed by atoms with Gasteiger partial charge in [0.1, 0.15) is 5.75 Å². The molecule has 34 heavy (non-hydrogen) atoms. The van der Waals surface area contributed by atoms with E-state index in [1.807, 2.05) is 60.7 Å². The number of pyridine rings is 2. The van der Waals surface area contributed by atoms with Gasteiger partial charge in [0.2, 0.25) is 0 Å². The Morgan fingerprint density at radius 3 is 2.44 bits per heavy atom. The standard InChI is InChI=1S/C28H20N2O4/c1-33-22-9-8-19-14-21(7-6-20(19)15-22)27(31)17-34-28(32)24-16-26(18-10-12-29-13-11-18)30-25-5-3-2-4-23(24)25/h2-16H,17H2,1H3. The number of nitrogens with zero attached hydrogens (tertiary/aromatic N) is 2. The van der Waals surface area contributed by atoms with Crippen LogP contribution >= 0.6 is 0 Å². The van der Waals surface area contributed by atoms with E-state index < -0.39 is 5.97 Å². The molecular formula is C28H20N2O4. The second-order valence-electron chi connectivity index (χ2n) is 7.74. The van der Waals surface area contributed by atoms with Crippen molar-refractivity contribution in [1.82, 2.24) is 9.97 Å². The zero-order valence-corrected chi connectivity index (χ0v) is 18.4. The number of hydrogen-bond acceptors (Lipinski definition) is 6. The molecule has 5 aromatic rings. The fraction of sp³-hybridized carbons (Fsp3) is 0.0714. The van der Waals surface area contributed by atoms with Gasteiger partial charge < -0.3 is 9.47 Å². The second-order valence-corrected chi connectivity index (χ2v) is 7.74. The van der Waals surface area contributed by atoms with Crippen LogP contribution in [0.15, 0.2) is 91.3 Å². The highest BCUT2D eigenvalue weighted by Crippen LogP contribution is 2.26. The van der Waals surface area contributed by atoms with Gasteiger partial charge in [-0.3, -0.25) is 9.78 Å². The number of aromatic nitrogens is 2. The summed E-state index contributed by atoms with van der Waals surface area (Å²) >= 11 is 0. The van der Waals surface area contributed by atoms with E-state index in [4.69, 9.17) is 9.47 Å². The molecule has 6 nitrogen and oxygen atoms in total. The van der Waals surface area contributed by atoms with E-state index in [0.29, 0.717) is 27.7 Å². The molecule has 0 N–H and O–H groups in total. The summed E-state index contributed by atoms with van der Waals surface area (Å²) in [5, 5.41) is 2.53. The summed E-state index contributed by atoms with van der Waals surface area (Å²) in [6.45, 7) is -0.359. The molecule has 0 aliphatic rings. The number of carbonyl (C=O) groups is 2. The molecule has 3 aromatic carbocycles. The summed E-state index contributed by atoms with van der Waals surface area (Å²) < 4.78 is 10.7. The van der Waals surface area contributed by atoms with E-state index >= 15 is 0 Å². The van der Waals surface area contributed by atoms with E-state index in [-0.39, 0.29) is 12.4 Å². The number of Topliss-reactive ketones (excluding diaryl/α,β-unsaturated/α-hetero) is 1. The summed E-state index contributed by atoms with van der Waals surface area (Å²) in [5.41, 5.74) is 2.96. The van der Waals surface area contributed by atoms with Gasteiger partial charge in [-0.25, -0.2) is 9.78 Å². The summed E-state index contributed by atoms with van der Waals surface area (Å²) in [5.74, 6) is -0.109. The monoisotopic (exact) mass is 448 g/mol. The maximum Gasteiger partial charge on any atom is 0.339 e. The van der Waals surface area contributed by atoms with Crippen LogP contribution in [-0.4, -0.2) is 35.4 Å². The van der Waals surface area contributed by atoms with Crippen LogP contribution in [0.4, 0.5) is 0 Å². The Labute approximate surface area is 195 Å². The fourth-order valence-electron chi connectivity index (χ4n) is 3.83. The molecule has 0 unspecified atom stereocenters. The molecule has 0 saturated carbocycles. The average Bonchev–Trinajstić information content (AvgIpc) is 2.90. The lowest BCUT2D eigenvalue weighted by molar-refractivity contribution is 0.0477. The van der Waals surface area contributed by atoms with E-state index in [1.54, 1.807) is 37.7 Å². The van der Waals surface area contributed by atoms with Crippen LogP contribution in [0.3, 0.4) is 0 Å². The molecule has 0 aliphatic carbocycles. The molecule has 2 heterocycles. The Morgan fingerprint density at radius 2 is 1.62 bits per heavy atom. The number of hydrogen-bond donors (Lipinski definition) is 0. The van der Waals surface area contributed by atoms with Crippen LogP contribution in [0.25, 0.3) is 32.9 Å². The van der Waals surface area contributed by atoms with Gasteiger partial charge in [0, 0.05) is 28.9 Å². The number of esters is 1. The lowest BCUT2D eigenvalue weighted by atomic mass is 10.0. The predicted molar refractivity (Wildman–Crippen MR) is 130 cm³/mol. The number of rotatable bonds is 6. The number of para-hydroxylation sites is 1. The Balaban J connectivity index is 1.39. The summed E-state index contributed by atoms with van der Waals surface area (Å²) in [7, 11) is 1.61. The van der Waals surface area contributed by atoms with Crippen molar-refractivity contribution in [2.75, 3.05) is 13.7 Å². The molecule has 5 rings (SSSR count). The molecule has 0 radical (unpaired) electrons. The molecule has 0 saturated heterocycles. The highest BCUT2D eigenvalue weighted by Gasteiger charge is 2.17. The third-order valence-electron chi connectivity index (χ3n) is 5.62. The van der Waals surface area contributed by atoms with Gasteiger partial charge in [-0.15, -0.1) is 0 Å². The fourth-order valence-corrected chi connectivity index (χ4v) is 3.83. The average molecular weight is 448 g/mol. The number of carbonyl (C=O) groups excluding carboxylic acids is 2. The summed E-state index contributed by atoms with van der Waals surface area (Å²) in [4.78, 5) is 34.5. The van der Waals surface area contributed by atoms with Crippen molar-refractivity contribution in [3.63, 3.8) is 0 Å². The molecule has 0 amide bonds. The molecule has 0 spiro atoms. The van der Waals surface area contributed by atoms with Gasteiger partial charge in [0.15, 0.2) is 12.4 Å². The quantitative estimate of drug-likeness (QED) is 0.252. The lowest BCUT2D eigenvalue weighted by Crippen LogP contribution is -2.15. The zero-order valence-electron chi connectivity index (χ0n) is 18.4. The highest BCUT2D eigenvalue weighted by molar-refractivity contribution is 6.06. The first-order chi connectivity index (χ1) is 16.6. The van der Waals surface area contributed by atoms with Crippen LogP contribution in [0.2, 0.25) is 0 Å².